The molecule has 0 nitrogen and oxygen atoms in total. The van der Waals surface area contributed by atoms with Crippen molar-refractivity contribution >= 4 is 49.9 Å². The first-order valence-corrected chi connectivity index (χ1v) is 8.02. The van der Waals surface area contributed by atoms with Crippen molar-refractivity contribution in [2.75, 3.05) is 0 Å². The van der Waals surface area contributed by atoms with Crippen LogP contribution in [0.25, 0.3) is 10.8 Å². The highest BCUT2D eigenvalue weighted by molar-refractivity contribution is 9.09. The molecule has 0 aliphatic carbocycles. The lowest BCUT2D eigenvalue weighted by molar-refractivity contribution is 0.626. The summed E-state index contributed by atoms with van der Waals surface area (Å²) in [6.07, 6.45) is 0. The van der Waals surface area contributed by atoms with Crippen LogP contribution in [0.1, 0.15) is 16.0 Å². The van der Waals surface area contributed by atoms with E-state index in [0.717, 1.165) is 16.3 Å². The quantitative estimate of drug-likeness (QED) is 0.428. The molecule has 0 radical (unpaired) electrons. The zero-order valence-corrected chi connectivity index (χ0v) is 13.9. The Morgan fingerprint density at radius 1 is 0.810 bits per heavy atom. The number of alkyl halides is 1. The lowest BCUT2D eigenvalue weighted by atomic mass is 9.98. The largest absolute Gasteiger partial charge is 0.205 e. The highest BCUT2D eigenvalue weighted by Crippen LogP contribution is 2.40. The van der Waals surface area contributed by atoms with Gasteiger partial charge < -0.3 is 0 Å². The molecular weight excluding hydrogens is 374 g/mol. The minimum atomic E-state index is -0.420. The van der Waals surface area contributed by atoms with Crippen LogP contribution < -0.4 is 0 Å². The minimum absolute atomic E-state index is 0.137. The Labute approximate surface area is 140 Å². The predicted molar refractivity (Wildman–Crippen MR) is 91.1 cm³/mol. The van der Waals surface area contributed by atoms with E-state index in [1.54, 1.807) is 6.07 Å². The van der Waals surface area contributed by atoms with Gasteiger partial charge >= 0.3 is 0 Å². The zero-order valence-electron chi connectivity index (χ0n) is 10.8. The fourth-order valence-corrected chi connectivity index (χ4v) is 3.77. The van der Waals surface area contributed by atoms with Gasteiger partial charge in [-0.1, -0.05) is 81.6 Å². The van der Waals surface area contributed by atoms with Gasteiger partial charge in [-0.25, -0.2) is 4.39 Å². The maximum atomic E-state index is 13.7. The number of rotatable bonds is 2. The van der Waals surface area contributed by atoms with E-state index in [1.165, 1.54) is 6.07 Å². The number of hydrogen-bond donors (Lipinski definition) is 0. The average Bonchev–Trinajstić information content (AvgIpc) is 2.50. The van der Waals surface area contributed by atoms with Crippen molar-refractivity contribution in [1.82, 2.24) is 0 Å². The summed E-state index contributed by atoms with van der Waals surface area (Å²) < 4.78 is 13.7. The van der Waals surface area contributed by atoms with Gasteiger partial charge in [-0.3, -0.25) is 0 Å². The fourth-order valence-electron chi connectivity index (χ4n) is 2.39. The molecule has 0 aromatic heterocycles. The molecule has 0 aliphatic heterocycles. The van der Waals surface area contributed by atoms with Gasteiger partial charge in [0.1, 0.15) is 5.82 Å². The van der Waals surface area contributed by atoms with Crippen LogP contribution >= 0.6 is 39.1 Å². The topological polar surface area (TPSA) is 0 Å². The van der Waals surface area contributed by atoms with Crippen molar-refractivity contribution in [2.45, 2.75) is 4.83 Å². The number of hydrogen-bond acceptors (Lipinski definition) is 0. The number of fused-ring (bicyclic) bond motifs is 1. The van der Waals surface area contributed by atoms with E-state index < -0.39 is 5.82 Å². The Bertz CT molecular complexity index is 817. The van der Waals surface area contributed by atoms with Gasteiger partial charge in [0.05, 0.1) is 9.85 Å². The monoisotopic (exact) mass is 382 g/mol. The molecule has 0 bridgehead atoms. The highest BCUT2D eigenvalue weighted by Gasteiger charge is 2.18. The second-order valence-corrected chi connectivity index (χ2v) is 6.39. The molecule has 0 saturated carbocycles. The van der Waals surface area contributed by atoms with Crippen molar-refractivity contribution in [3.8, 4) is 0 Å². The fraction of sp³-hybridized carbons (Fsp3) is 0.0588. The average molecular weight is 384 g/mol. The molecular formula is C17H10BrCl2F. The molecule has 0 aliphatic rings. The van der Waals surface area contributed by atoms with Gasteiger partial charge in [0.25, 0.3) is 0 Å². The summed E-state index contributed by atoms with van der Waals surface area (Å²) in [4.78, 5) is -0.206. The third kappa shape index (κ3) is 2.68. The smallest absolute Gasteiger partial charge is 0.142 e. The summed E-state index contributed by atoms with van der Waals surface area (Å²) in [6.45, 7) is 0. The van der Waals surface area contributed by atoms with E-state index in [1.807, 2.05) is 42.5 Å². The van der Waals surface area contributed by atoms with Gasteiger partial charge in [0.2, 0.25) is 0 Å². The third-order valence-corrected chi connectivity index (χ3v) is 5.15. The lowest BCUT2D eigenvalue weighted by Crippen LogP contribution is -1.97. The summed E-state index contributed by atoms with van der Waals surface area (Å²) in [5.41, 5.74) is 1.70. The van der Waals surface area contributed by atoms with Crippen LogP contribution in [0.15, 0.2) is 54.6 Å². The van der Waals surface area contributed by atoms with E-state index in [-0.39, 0.29) is 9.85 Å². The van der Waals surface area contributed by atoms with Crippen LogP contribution in [0.4, 0.5) is 4.39 Å². The van der Waals surface area contributed by atoms with Crippen LogP contribution in [0.2, 0.25) is 10.0 Å². The van der Waals surface area contributed by atoms with E-state index in [9.17, 15) is 4.39 Å². The molecule has 0 heterocycles. The Morgan fingerprint density at radius 2 is 1.52 bits per heavy atom. The maximum absolute atomic E-state index is 13.7. The van der Waals surface area contributed by atoms with Crippen LogP contribution in [0.5, 0.6) is 0 Å². The summed E-state index contributed by atoms with van der Waals surface area (Å²) in [6, 6.07) is 16.5. The van der Waals surface area contributed by atoms with E-state index in [0.29, 0.717) is 10.6 Å². The highest BCUT2D eigenvalue weighted by atomic mass is 79.9. The summed E-state index contributed by atoms with van der Waals surface area (Å²) in [7, 11) is 0. The van der Waals surface area contributed by atoms with E-state index >= 15 is 0 Å². The normalized spacial score (nSPS) is 12.6. The molecule has 0 spiro atoms. The van der Waals surface area contributed by atoms with Crippen LogP contribution in [-0.2, 0) is 0 Å². The molecule has 21 heavy (non-hydrogen) atoms. The Balaban J connectivity index is 2.21. The van der Waals surface area contributed by atoms with Gasteiger partial charge in [0.15, 0.2) is 0 Å². The van der Waals surface area contributed by atoms with Crippen molar-refractivity contribution in [1.29, 1.82) is 0 Å². The second kappa shape index (κ2) is 5.96. The van der Waals surface area contributed by atoms with Gasteiger partial charge in [0, 0.05) is 10.4 Å². The zero-order chi connectivity index (χ0) is 15.0. The molecule has 1 atom stereocenters. The van der Waals surface area contributed by atoms with E-state index in [2.05, 4.69) is 15.9 Å². The van der Waals surface area contributed by atoms with Crippen molar-refractivity contribution in [2.24, 2.45) is 0 Å². The van der Waals surface area contributed by atoms with Crippen molar-refractivity contribution in [3.63, 3.8) is 0 Å². The molecule has 106 valence electrons. The second-order valence-electron chi connectivity index (χ2n) is 4.69. The van der Waals surface area contributed by atoms with Crippen LogP contribution in [0.3, 0.4) is 0 Å². The molecule has 0 N–H and O–H groups in total. The van der Waals surface area contributed by atoms with Crippen molar-refractivity contribution in [3.05, 3.63) is 81.6 Å². The Kier molecular flexibility index (Phi) is 4.21. The summed E-state index contributed by atoms with van der Waals surface area (Å²) in [5, 5.41) is 2.82. The maximum Gasteiger partial charge on any atom is 0.142 e. The first-order valence-electron chi connectivity index (χ1n) is 6.34. The molecule has 3 aromatic rings. The molecule has 3 aromatic carbocycles. The molecule has 0 saturated heterocycles. The minimum Gasteiger partial charge on any atom is -0.205 e. The first kappa shape index (κ1) is 14.8. The summed E-state index contributed by atoms with van der Waals surface area (Å²) in [5.74, 6) is -0.420. The molecule has 1 unspecified atom stereocenters. The predicted octanol–water partition coefficient (Wildman–Crippen LogP) is 6.77. The van der Waals surface area contributed by atoms with Crippen molar-refractivity contribution < 1.29 is 4.39 Å². The Morgan fingerprint density at radius 3 is 2.29 bits per heavy atom. The summed E-state index contributed by atoms with van der Waals surface area (Å²) >= 11 is 16.0. The van der Waals surface area contributed by atoms with Gasteiger partial charge in [-0.05, 0) is 28.6 Å². The van der Waals surface area contributed by atoms with Gasteiger partial charge in [-0.2, -0.15) is 0 Å². The number of benzene rings is 3. The molecule has 3 rings (SSSR count). The molecule has 4 heteroatoms. The van der Waals surface area contributed by atoms with E-state index in [4.69, 9.17) is 23.2 Å². The SMILES string of the molecule is Fc1cccc(C(Br)c2ccc(Cl)c3ccccc23)c1Cl. The lowest BCUT2D eigenvalue weighted by Gasteiger charge is -2.16. The standard InChI is InChI=1S/C17H10BrCl2F/c18-16(13-6-3-7-15(21)17(13)20)12-8-9-14(19)11-5-2-1-4-10(11)12/h1-9,16H. The Hall–Kier alpha value is -1.09. The third-order valence-electron chi connectivity index (χ3n) is 3.43. The first-order chi connectivity index (χ1) is 10.1. The van der Waals surface area contributed by atoms with Crippen LogP contribution in [0, 0.1) is 5.82 Å². The van der Waals surface area contributed by atoms with Gasteiger partial charge in [-0.15, -0.1) is 0 Å². The number of halogens is 4. The molecule has 0 fully saturated rings. The molecule has 0 amide bonds. The van der Waals surface area contributed by atoms with Crippen LogP contribution in [-0.4, -0.2) is 0 Å².